The van der Waals surface area contributed by atoms with Crippen molar-refractivity contribution in [3.8, 4) is 5.69 Å². The van der Waals surface area contributed by atoms with Crippen molar-refractivity contribution in [1.29, 1.82) is 0 Å². The molecular formula is C20H21N3OS3. The van der Waals surface area contributed by atoms with Crippen molar-refractivity contribution in [2.45, 2.75) is 30.5 Å². The van der Waals surface area contributed by atoms with Gasteiger partial charge in [0.2, 0.25) is 5.91 Å². The van der Waals surface area contributed by atoms with Gasteiger partial charge in [-0.25, -0.2) is 4.68 Å². The van der Waals surface area contributed by atoms with Crippen molar-refractivity contribution < 1.29 is 4.79 Å². The van der Waals surface area contributed by atoms with Gasteiger partial charge >= 0.3 is 0 Å². The second kappa shape index (κ2) is 9.30. The minimum absolute atomic E-state index is 0.0388. The molecule has 0 spiro atoms. The summed E-state index contributed by atoms with van der Waals surface area (Å²) in [5.74, 6) is 0.662. The summed E-state index contributed by atoms with van der Waals surface area (Å²) in [4.78, 5) is 12.4. The Hall–Kier alpha value is -1.96. The van der Waals surface area contributed by atoms with Crippen molar-refractivity contribution in [1.82, 2.24) is 9.78 Å². The highest BCUT2D eigenvalue weighted by Crippen LogP contribution is 2.28. The molecular weight excluding hydrogens is 394 g/mol. The van der Waals surface area contributed by atoms with Gasteiger partial charge in [0.15, 0.2) is 8.29 Å². The minimum Gasteiger partial charge on any atom is -0.325 e. The molecule has 0 aliphatic heterocycles. The first-order valence-corrected chi connectivity index (χ1v) is 11.0. The Balaban J connectivity index is 1.65. The van der Waals surface area contributed by atoms with E-state index < -0.39 is 0 Å². The average Bonchev–Trinajstić information content (AvgIpc) is 3.07. The zero-order valence-corrected chi connectivity index (χ0v) is 17.7. The van der Waals surface area contributed by atoms with E-state index in [1.807, 2.05) is 48.5 Å². The molecule has 0 saturated carbocycles. The van der Waals surface area contributed by atoms with Gasteiger partial charge in [-0.2, -0.15) is 0 Å². The van der Waals surface area contributed by atoms with E-state index in [-0.39, 0.29) is 5.91 Å². The number of para-hydroxylation sites is 2. The number of anilines is 1. The SMILES string of the molecule is CC[C@H](C)c1ccccc1NC(=O)CSc1nn(-c2ccccc2)c(=S)s1. The second-order valence-electron chi connectivity index (χ2n) is 6.11. The highest BCUT2D eigenvalue weighted by Gasteiger charge is 2.13. The molecule has 2 aromatic carbocycles. The molecule has 1 amide bonds. The van der Waals surface area contributed by atoms with Gasteiger partial charge < -0.3 is 5.32 Å². The Morgan fingerprint density at radius 3 is 2.67 bits per heavy atom. The van der Waals surface area contributed by atoms with Crippen LogP contribution in [0.1, 0.15) is 31.7 Å². The topological polar surface area (TPSA) is 46.9 Å². The van der Waals surface area contributed by atoms with Gasteiger partial charge in [-0.05, 0) is 48.3 Å². The molecule has 1 heterocycles. The molecule has 0 bridgehead atoms. The lowest BCUT2D eigenvalue weighted by Gasteiger charge is -2.15. The van der Waals surface area contributed by atoms with Gasteiger partial charge in [0.25, 0.3) is 0 Å². The molecule has 4 nitrogen and oxygen atoms in total. The summed E-state index contributed by atoms with van der Waals surface area (Å²) in [6.07, 6.45) is 1.03. The predicted octanol–water partition coefficient (Wildman–Crippen LogP) is 5.91. The van der Waals surface area contributed by atoms with Crippen LogP contribution in [-0.4, -0.2) is 21.4 Å². The van der Waals surface area contributed by atoms with Gasteiger partial charge in [0, 0.05) is 5.69 Å². The van der Waals surface area contributed by atoms with Gasteiger partial charge in [0.1, 0.15) is 0 Å². The molecule has 140 valence electrons. The number of benzene rings is 2. The van der Waals surface area contributed by atoms with E-state index >= 15 is 0 Å². The smallest absolute Gasteiger partial charge is 0.234 e. The van der Waals surface area contributed by atoms with Gasteiger partial charge in [-0.15, -0.1) is 5.10 Å². The van der Waals surface area contributed by atoms with Crippen molar-refractivity contribution >= 4 is 46.9 Å². The number of hydrogen-bond acceptors (Lipinski definition) is 5. The Kier molecular flexibility index (Phi) is 6.82. The number of amides is 1. The Morgan fingerprint density at radius 2 is 1.93 bits per heavy atom. The maximum absolute atomic E-state index is 12.4. The molecule has 1 aromatic heterocycles. The summed E-state index contributed by atoms with van der Waals surface area (Å²) in [6.45, 7) is 4.32. The lowest BCUT2D eigenvalue weighted by atomic mass is 9.97. The van der Waals surface area contributed by atoms with Crippen molar-refractivity contribution in [3.63, 3.8) is 0 Å². The highest BCUT2D eigenvalue weighted by atomic mass is 32.2. The number of carbonyl (C=O) groups is 1. The maximum Gasteiger partial charge on any atom is 0.234 e. The fourth-order valence-electron chi connectivity index (χ4n) is 2.63. The van der Waals surface area contributed by atoms with E-state index in [4.69, 9.17) is 12.2 Å². The summed E-state index contributed by atoms with van der Waals surface area (Å²) >= 11 is 8.23. The minimum atomic E-state index is -0.0388. The molecule has 0 unspecified atom stereocenters. The molecule has 3 aromatic rings. The van der Waals surface area contributed by atoms with Crippen LogP contribution in [0.25, 0.3) is 5.69 Å². The fraction of sp³-hybridized carbons (Fsp3) is 0.250. The van der Waals surface area contributed by atoms with Crippen LogP contribution in [0.3, 0.4) is 0 Å². The number of rotatable bonds is 7. The van der Waals surface area contributed by atoms with E-state index in [0.717, 1.165) is 22.1 Å². The number of aromatic nitrogens is 2. The van der Waals surface area contributed by atoms with Crippen LogP contribution in [0.4, 0.5) is 5.69 Å². The average molecular weight is 416 g/mol. The number of nitrogens with one attached hydrogen (secondary N) is 1. The van der Waals surface area contributed by atoms with Crippen LogP contribution in [0.15, 0.2) is 58.9 Å². The Bertz CT molecular complexity index is 966. The van der Waals surface area contributed by atoms with Gasteiger partial charge in [-0.1, -0.05) is 73.3 Å². The molecule has 7 heteroatoms. The fourth-order valence-corrected chi connectivity index (χ4v) is 4.79. The number of hydrogen-bond donors (Lipinski definition) is 1. The summed E-state index contributed by atoms with van der Waals surface area (Å²) in [5, 5.41) is 7.57. The van der Waals surface area contributed by atoms with E-state index in [0.29, 0.717) is 15.6 Å². The predicted molar refractivity (Wildman–Crippen MR) is 117 cm³/mol. The molecule has 0 radical (unpaired) electrons. The number of nitrogens with zero attached hydrogens (tertiary/aromatic N) is 2. The summed E-state index contributed by atoms with van der Waals surface area (Å²) in [5.41, 5.74) is 2.99. The standard InChI is InChI=1S/C20H21N3OS3/c1-3-14(2)16-11-7-8-12-17(16)21-18(24)13-26-19-22-23(20(25)27-19)15-9-5-4-6-10-15/h4-12,14H,3,13H2,1-2H3,(H,21,24)/t14-/m0/s1. The molecule has 3 rings (SSSR count). The number of thioether (sulfide) groups is 1. The first kappa shape index (κ1) is 19.8. The molecule has 1 N–H and O–H groups in total. The first-order chi connectivity index (χ1) is 13.1. The van der Waals surface area contributed by atoms with E-state index in [2.05, 4.69) is 30.3 Å². The zero-order valence-electron chi connectivity index (χ0n) is 15.2. The van der Waals surface area contributed by atoms with Crippen LogP contribution in [0, 0.1) is 3.95 Å². The van der Waals surface area contributed by atoms with Crippen molar-refractivity contribution in [2.24, 2.45) is 0 Å². The lowest BCUT2D eigenvalue weighted by Crippen LogP contribution is -2.15. The molecule has 0 aliphatic carbocycles. The van der Waals surface area contributed by atoms with Crippen LogP contribution in [-0.2, 0) is 4.79 Å². The largest absolute Gasteiger partial charge is 0.325 e. The zero-order chi connectivity index (χ0) is 19.2. The lowest BCUT2D eigenvalue weighted by molar-refractivity contribution is -0.113. The third-order valence-corrected chi connectivity index (χ3v) is 6.60. The Labute approximate surface area is 172 Å². The molecule has 0 aliphatic rings. The monoisotopic (exact) mass is 415 g/mol. The van der Waals surface area contributed by atoms with Crippen molar-refractivity contribution in [3.05, 3.63) is 64.1 Å². The third-order valence-electron chi connectivity index (χ3n) is 4.23. The molecule has 27 heavy (non-hydrogen) atoms. The molecule has 0 saturated heterocycles. The van der Waals surface area contributed by atoms with Crippen LogP contribution in [0.5, 0.6) is 0 Å². The van der Waals surface area contributed by atoms with Gasteiger partial charge in [-0.3, -0.25) is 4.79 Å². The molecule has 0 fully saturated rings. The van der Waals surface area contributed by atoms with E-state index in [1.54, 1.807) is 4.68 Å². The van der Waals surface area contributed by atoms with Crippen LogP contribution in [0.2, 0.25) is 0 Å². The first-order valence-electron chi connectivity index (χ1n) is 8.75. The summed E-state index contributed by atoms with van der Waals surface area (Å²) in [6, 6.07) is 17.8. The summed E-state index contributed by atoms with van der Waals surface area (Å²) in [7, 11) is 0. The normalized spacial score (nSPS) is 11.9. The maximum atomic E-state index is 12.4. The Morgan fingerprint density at radius 1 is 1.22 bits per heavy atom. The second-order valence-corrected chi connectivity index (χ2v) is 8.96. The third kappa shape index (κ3) is 5.06. The highest BCUT2D eigenvalue weighted by molar-refractivity contribution is 8.01. The quantitative estimate of drug-likeness (QED) is 0.385. The van der Waals surface area contributed by atoms with Gasteiger partial charge in [0.05, 0.1) is 11.4 Å². The van der Waals surface area contributed by atoms with E-state index in [1.165, 1.54) is 28.7 Å². The van der Waals surface area contributed by atoms with E-state index in [9.17, 15) is 4.79 Å². The number of carbonyl (C=O) groups excluding carboxylic acids is 1. The van der Waals surface area contributed by atoms with Crippen molar-refractivity contribution in [2.75, 3.05) is 11.1 Å². The van der Waals surface area contributed by atoms with Crippen LogP contribution >= 0.6 is 35.3 Å². The van der Waals surface area contributed by atoms with Crippen LogP contribution < -0.4 is 5.32 Å². The summed E-state index contributed by atoms with van der Waals surface area (Å²) < 4.78 is 3.19. The molecule has 1 atom stereocenters.